The zero-order chi connectivity index (χ0) is 17.5. The maximum atomic E-state index is 12.1. The minimum Gasteiger partial charge on any atom is -0.469 e. The summed E-state index contributed by atoms with van der Waals surface area (Å²) in [4.78, 5) is 23.6. The Kier molecular flexibility index (Phi) is 7.82. The molecule has 1 saturated carbocycles. The van der Waals surface area contributed by atoms with E-state index < -0.39 is 17.7 Å². The number of esters is 1. The molecule has 0 aromatic carbocycles. The van der Waals surface area contributed by atoms with Crippen LogP contribution in [-0.2, 0) is 14.3 Å². The highest BCUT2D eigenvalue weighted by atomic mass is 16.6. The summed E-state index contributed by atoms with van der Waals surface area (Å²) in [5.41, 5.74) is 5.59. The highest BCUT2D eigenvalue weighted by Gasteiger charge is 2.28. The Hall–Kier alpha value is -1.30. The molecule has 3 N–H and O–H groups in total. The summed E-state index contributed by atoms with van der Waals surface area (Å²) < 4.78 is 10.0. The fourth-order valence-corrected chi connectivity index (χ4v) is 3.00. The molecule has 1 aliphatic rings. The summed E-state index contributed by atoms with van der Waals surface area (Å²) in [7, 11) is 1.34. The van der Waals surface area contributed by atoms with Crippen LogP contribution >= 0.6 is 0 Å². The van der Waals surface area contributed by atoms with E-state index in [1.54, 1.807) is 0 Å². The lowest BCUT2D eigenvalue weighted by molar-refractivity contribution is -0.141. The normalized spacial score (nSPS) is 18.8. The smallest absolute Gasteiger partial charge is 0.407 e. The Morgan fingerprint density at radius 2 is 1.83 bits per heavy atom. The van der Waals surface area contributed by atoms with Crippen molar-refractivity contribution in [1.29, 1.82) is 0 Å². The molecule has 1 fully saturated rings. The van der Waals surface area contributed by atoms with Gasteiger partial charge in [0.1, 0.15) is 5.60 Å². The van der Waals surface area contributed by atoms with Crippen LogP contribution in [-0.4, -0.2) is 36.9 Å². The highest BCUT2D eigenvalue weighted by molar-refractivity contribution is 5.71. The number of hydrogen-bond donors (Lipinski definition) is 2. The zero-order valence-electron chi connectivity index (χ0n) is 14.9. The topological polar surface area (TPSA) is 90.6 Å². The molecule has 1 amide bonds. The van der Waals surface area contributed by atoms with Crippen LogP contribution in [0, 0.1) is 5.92 Å². The molecule has 0 aliphatic heterocycles. The van der Waals surface area contributed by atoms with Crippen molar-refractivity contribution in [3.8, 4) is 0 Å². The largest absolute Gasteiger partial charge is 0.469 e. The molecule has 0 bridgehead atoms. The standard InChI is InChI=1S/C17H32N2O4/c1-17(2,3)23-16(21)19-14(13(18)11-15(20)22-4)10-12-8-6-5-7-9-12/h12-14H,5-11,18H2,1-4H3,(H,19,21)/t13-,14-/m0/s1. The van der Waals surface area contributed by atoms with E-state index in [9.17, 15) is 9.59 Å². The van der Waals surface area contributed by atoms with Crippen LogP contribution < -0.4 is 11.1 Å². The quantitative estimate of drug-likeness (QED) is 0.732. The SMILES string of the molecule is COC(=O)C[C@H](N)[C@H](CC1CCCCC1)NC(=O)OC(C)(C)C. The number of ether oxygens (including phenoxy) is 2. The van der Waals surface area contributed by atoms with E-state index in [1.165, 1.54) is 26.4 Å². The van der Waals surface area contributed by atoms with E-state index in [-0.39, 0.29) is 18.4 Å². The number of alkyl carbamates (subject to hydrolysis) is 1. The number of hydrogen-bond acceptors (Lipinski definition) is 5. The van der Waals surface area contributed by atoms with Gasteiger partial charge in [-0.2, -0.15) is 0 Å². The molecule has 6 heteroatoms. The molecular formula is C17H32N2O4. The molecule has 1 rings (SSSR count). The summed E-state index contributed by atoms with van der Waals surface area (Å²) in [6.07, 6.45) is 6.38. The van der Waals surface area contributed by atoms with Crippen LogP contribution in [0.3, 0.4) is 0 Å². The third-order valence-corrected chi connectivity index (χ3v) is 4.16. The summed E-state index contributed by atoms with van der Waals surface area (Å²) >= 11 is 0. The monoisotopic (exact) mass is 328 g/mol. The molecule has 23 heavy (non-hydrogen) atoms. The van der Waals surface area contributed by atoms with E-state index >= 15 is 0 Å². The second-order valence-electron chi connectivity index (χ2n) is 7.44. The molecule has 0 unspecified atom stereocenters. The number of carbonyl (C=O) groups excluding carboxylic acids is 2. The number of carbonyl (C=O) groups is 2. The minimum atomic E-state index is -0.564. The summed E-state index contributed by atoms with van der Waals surface area (Å²) in [6.45, 7) is 5.45. The first-order chi connectivity index (χ1) is 10.7. The van der Waals surface area contributed by atoms with Crippen molar-refractivity contribution in [2.75, 3.05) is 7.11 Å². The lowest BCUT2D eigenvalue weighted by Gasteiger charge is -2.31. The van der Waals surface area contributed by atoms with E-state index in [0.717, 1.165) is 19.3 Å². The molecule has 2 atom stereocenters. The van der Waals surface area contributed by atoms with E-state index in [1.807, 2.05) is 20.8 Å². The Balaban J connectivity index is 2.66. The van der Waals surface area contributed by atoms with Gasteiger partial charge in [-0.25, -0.2) is 4.79 Å². The summed E-state index contributed by atoms with van der Waals surface area (Å²) in [6, 6.07) is -0.760. The maximum absolute atomic E-state index is 12.1. The molecule has 1 aliphatic carbocycles. The molecule has 0 saturated heterocycles. The first kappa shape index (κ1) is 19.7. The Bertz CT molecular complexity index is 387. The fraction of sp³-hybridized carbons (Fsp3) is 0.882. The van der Waals surface area contributed by atoms with Crippen molar-refractivity contribution in [3.63, 3.8) is 0 Å². The molecule has 0 aromatic heterocycles. The van der Waals surface area contributed by atoms with Crippen LogP contribution in [0.4, 0.5) is 4.79 Å². The van der Waals surface area contributed by atoms with E-state index in [2.05, 4.69) is 10.1 Å². The van der Waals surface area contributed by atoms with Gasteiger partial charge in [0.25, 0.3) is 0 Å². The maximum Gasteiger partial charge on any atom is 0.407 e. The van der Waals surface area contributed by atoms with Crippen molar-refractivity contribution in [3.05, 3.63) is 0 Å². The Morgan fingerprint density at radius 1 is 1.22 bits per heavy atom. The van der Waals surface area contributed by atoms with Gasteiger partial charge in [-0.1, -0.05) is 32.1 Å². The molecule has 0 radical (unpaired) electrons. The molecule has 0 aromatic rings. The van der Waals surface area contributed by atoms with E-state index in [4.69, 9.17) is 10.5 Å². The van der Waals surface area contributed by atoms with Crippen LogP contribution in [0.15, 0.2) is 0 Å². The first-order valence-corrected chi connectivity index (χ1v) is 8.53. The summed E-state index contributed by atoms with van der Waals surface area (Å²) in [5.74, 6) is 0.171. The van der Waals surface area contributed by atoms with Crippen LogP contribution in [0.2, 0.25) is 0 Å². The Labute approximate surface area is 139 Å². The molecular weight excluding hydrogens is 296 g/mol. The number of rotatable bonds is 6. The number of nitrogens with one attached hydrogen (secondary N) is 1. The average molecular weight is 328 g/mol. The van der Waals surface area contributed by atoms with Gasteiger partial charge in [-0.15, -0.1) is 0 Å². The van der Waals surface area contributed by atoms with Gasteiger partial charge in [0, 0.05) is 12.1 Å². The van der Waals surface area contributed by atoms with Gasteiger partial charge < -0.3 is 20.5 Å². The molecule has 0 heterocycles. The fourth-order valence-electron chi connectivity index (χ4n) is 3.00. The van der Waals surface area contributed by atoms with Gasteiger partial charge in [0.2, 0.25) is 0 Å². The van der Waals surface area contributed by atoms with Gasteiger partial charge in [-0.05, 0) is 33.1 Å². The Morgan fingerprint density at radius 3 is 2.35 bits per heavy atom. The van der Waals surface area contributed by atoms with E-state index in [0.29, 0.717) is 5.92 Å². The van der Waals surface area contributed by atoms with Crippen LogP contribution in [0.25, 0.3) is 0 Å². The van der Waals surface area contributed by atoms with Crippen molar-refractivity contribution in [2.24, 2.45) is 11.7 Å². The molecule has 134 valence electrons. The van der Waals surface area contributed by atoms with Crippen LogP contribution in [0.5, 0.6) is 0 Å². The predicted octanol–water partition coefficient (Wildman–Crippen LogP) is 2.74. The molecule has 6 nitrogen and oxygen atoms in total. The number of amides is 1. The van der Waals surface area contributed by atoms with Crippen LogP contribution in [0.1, 0.15) is 65.7 Å². The second-order valence-corrected chi connectivity index (χ2v) is 7.44. The van der Waals surface area contributed by atoms with Gasteiger partial charge in [0.05, 0.1) is 13.5 Å². The zero-order valence-corrected chi connectivity index (χ0v) is 14.9. The third kappa shape index (κ3) is 8.21. The summed E-state index contributed by atoms with van der Waals surface area (Å²) in [5, 5.41) is 2.86. The van der Waals surface area contributed by atoms with Crippen molar-refractivity contribution < 1.29 is 19.1 Å². The average Bonchev–Trinajstić information content (AvgIpc) is 2.45. The minimum absolute atomic E-state index is 0.0870. The van der Waals surface area contributed by atoms with Gasteiger partial charge >= 0.3 is 12.1 Å². The third-order valence-electron chi connectivity index (χ3n) is 4.16. The number of nitrogens with two attached hydrogens (primary N) is 1. The second kappa shape index (κ2) is 9.11. The molecule has 0 spiro atoms. The van der Waals surface area contributed by atoms with Crippen molar-refractivity contribution >= 4 is 12.1 Å². The van der Waals surface area contributed by atoms with Crippen molar-refractivity contribution in [2.45, 2.75) is 83.4 Å². The van der Waals surface area contributed by atoms with Crippen molar-refractivity contribution in [1.82, 2.24) is 5.32 Å². The number of methoxy groups -OCH3 is 1. The lowest BCUT2D eigenvalue weighted by Crippen LogP contribution is -2.50. The predicted molar refractivity (Wildman–Crippen MR) is 89.0 cm³/mol. The van der Waals surface area contributed by atoms with Gasteiger partial charge in [-0.3, -0.25) is 4.79 Å². The van der Waals surface area contributed by atoms with Gasteiger partial charge in [0.15, 0.2) is 0 Å². The first-order valence-electron chi connectivity index (χ1n) is 8.53. The lowest BCUT2D eigenvalue weighted by atomic mass is 9.83. The highest BCUT2D eigenvalue weighted by Crippen LogP contribution is 2.28.